The number of anilines is 1. The molecule has 0 saturated heterocycles. The third kappa shape index (κ3) is 5.00. The van der Waals surface area contributed by atoms with Gasteiger partial charge in [-0.3, -0.25) is 19.1 Å². The minimum absolute atomic E-state index is 0.108. The predicted octanol–water partition coefficient (Wildman–Crippen LogP) is 3.53. The molecule has 0 radical (unpaired) electrons. The maximum atomic E-state index is 12.7. The number of nitrogens with one attached hydrogen (secondary N) is 2. The summed E-state index contributed by atoms with van der Waals surface area (Å²) < 4.78 is 3.41. The fourth-order valence-corrected chi connectivity index (χ4v) is 3.93. The highest BCUT2D eigenvalue weighted by Gasteiger charge is 2.20. The van der Waals surface area contributed by atoms with E-state index in [2.05, 4.69) is 29.1 Å². The topological polar surface area (TPSA) is 102 Å². The smallest absolute Gasteiger partial charge is 0.326 e. The predicted molar refractivity (Wildman–Crippen MR) is 127 cm³/mol. The van der Waals surface area contributed by atoms with Crippen molar-refractivity contribution in [2.24, 2.45) is 5.92 Å². The van der Waals surface area contributed by atoms with Crippen LogP contribution in [-0.2, 0) is 24.3 Å². The second kappa shape index (κ2) is 9.97. The number of H-pyrrole nitrogens is 1. The molecule has 0 fully saturated rings. The maximum Gasteiger partial charge on any atom is 0.330 e. The number of amides is 1. The Morgan fingerprint density at radius 3 is 2.47 bits per heavy atom. The number of carbonyl (C=O) groups excluding carboxylic acids is 1. The molecule has 8 nitrogen and oxygen atoms in total. The van der Waals surface area contributed by atoms with Crippen molar-refractivity contribution < 1.29 is 4.79 Å². The van der Waals surface area contributed by atoms with Crippen molar-refractivity contribution in [3.63, 3.8) is 0 Å². The van der Waals surface area contributed by atoms with Crippen LogP contribution in [0.2, 0.25) is 0 Å². The number of unbranched alkanes of at least 4 members (excludes halogenated alkanes) is 1. The van der Waals surface area contributed by atoms with E-state index in [9.17, 15) is 14.4 Å². The van der Waals surface area contributed by atoms with Gasteiger partial charge < -0.3 is 9.88 Å². The van der Waals surface area contributed by atoms with Gasteiger partial charge in [0.05, 0.1) is 0 Å². The van der Waals surface area contributed by atoms with Crippen molar-refractivity contribution >= 4 is 22.8 Å². The van der Waals surface area contributed by atoms with Crippen LogP contribution < -0.4 is 16.6 Å². The van der Waals surface area contributed by atoms with Crippen LogP contribution in [-0.4, -0.2) is 25.0 Å². The average Bonchev–Trinajstić information content (AvgIpc) is 3.07. The highest BCUT2D eigenvalue weighted by molar-refractivity contribution is 5.92. The zero-order chi connectivity index (χ0) is 23.4. The molecule has 0 atom stereocenters. The van der Waals surface area contributed by atoms with Gasteiger partial charge in [-0.05, 0) is 37.3 Å². The van der Waals surface area contributed by atoms with Gasteiger partial charge >= 0.3 is 5.69 Å². The first-order valence-electron chi connectivity index (χ1n) is 11.3. The molecule has 0 aliphatic rings. The summed E-state index contributed by atoms with van der Waals surface area (Å²) in [7, 11) is 0. The number of benzene rings is 1. The summed E-state index contributed by atoms with van der Waals surface area (Å²) in [5.74, 6) is 0.805. The van der Waals surface area contributed by atoms with Gasteiger partial charge in [0.15, 0.2) is 11.2 Å². The Kier molecular flexibility index (Phi) is 7.33. The number of nitrogens with zero attached hydrogens (tertiary/aromatic N) is 3. The number of aromatic nitrogens is 4. The van der Waals surface area contributed by atoms with Crippen LogP contribution in [0.15, 0.2) is 27.8 Å². The van der Waals surface area contributed by atoms with Crippen LogP contribution in [0.3, 0.4) is 0 Å². The molecule has 1 aromatic carbocycles. The molecule has 0 aliphatic heterocycles. The van der Waals surface area contributed by atoms with E-state index in [1.165, 1.54) is 4.57 Å². The zero-order valence-electron chi connectivity index (χ0n) is 19.6. The van der Waals surface area contributed by atoms with Gasteiger partial charge in [0, 0.05) is 31.6 Å². The van der Waals surface area contributed by atoms with Crippen LogP contribution in [0.4, 0.5) is 5.69 Å². The van der Waals surface area contributed by atoms with Crippen molar-refractivity contribution in [2.45, 2.75) is 73.4 Å². The quantitative estimate of drug-likeness (QED) is 0.532. The largest absolute Gasteiger partial charge is 0.330 e. The lowest BCUT2D eigenvalue weighted by Crippen LogP contribution is -2.31. The molecule has 0 bridgehead atoms. The van der Waals surface area contributed by atoms with E-state index >= 15 is 0 Å². The van der Waals surface area contributed by atoms with E-state index < -0.39 is 11.2 Å². The highest BCUT2D eigenvalue weighted by Crippen LogP contribution is 2.20. The Hall–Kier alpha value is -3.16. The number of fused-ring (bicyclic) bond motifs is 1. The molecule has 172 valence electrons. The molecule has 32 heavy (non-hydrogen) atoms. The third-order valence-corrected chi connectivity index (χ3v) is 5.57. The molecular formula is C24H33N5O3. The summed E-state index contributed by atoms with van der Waals surface area (Å²) in [5, 5.41) is 3.00. The first-order chi connectivity index (χ1) is 15.2. The summed E-state index contributed by atoms with van der Waals surface area (Å²) in [4.78, 5) is 44.9. The van der Waals surface area contributed by atoms with Crippen molar-refractivity contribution in [2.75, 3.05) is 5.32 Å². The third-order valence-electron chi connectivity index (χ3n) is 5.57. The van der Waals surface area contributed by atoms with E-state index in [1.807, 2.05) is 43.5 Å². The molecular weight excluding hydrogens is 406 g/mol. The van der Waals surface area contributed by atoms with Gasteiger partial charge in [-0.25, -0.2) is 9.78 Å². The second-order valence-electron chi connectivity index (χ2n) is 8.78. The molecule has 8 heteroatoms. The molecule has 0 spiro atoms. The van der Waals surface area contributed by atoms with E-state index in [4.69, 9.17) is 0 Å². The summed E-state index contributed by atoms with van der Waals surface area (Å²) in [6.45, 7) is 11.2. The number of carbonyl (C=O) groups is 1. The molecule has 2 heterocycles. The Morgan fingerprint density at radius 2 is 1.84 bits per heavy atom. The molecule has 2 N–H and O–H groups in total. The first-order valence-corrected chi connectivity index (χ1v) is 11.3. The van der Waals surface area contributed by atoms with Crippen molar-refractivity contribution in [3.05, 3.63) is 56.0 Å². The lowest BCUT2D eigenvalue weighted by atomic mass is 10.1. The van der Waals surface area contributed by atoms with E-state index in [0.717, 1.165) is 29.7 Å². The monoisotopic (exact) mass is 439 g/mol. The number of hydrogen-bond acceptors (Lipinski definition) is 4. The van der Waals surface area contributed by atoms with Crippen molar-refractivity contribution in [1.29, 1.82) is 0 Å². The molecule has 0 saturated carbocycles. The van der Waals surface area contributed by atoms with Crippen LogP contribution in [0.25, 0.3) is 11.2 Å². The van der Waals surface area contributed by atoms with Gasteiger partial charge in [0.1, 0.15) is 5.82 Å². The number of para-hydroxylation sites is 1. The molecule has 3 aromatic rings. The van der Waals surface area contributed by atoms with Gasteiger partial charge in [0.2, 0.25) is 5.91 Å². The van der Waals surface area contributed by atoms with Crippen LogP contribution in [0.5, 0.6) is 0 Å². The van der Waals surface area contributed by atoms with Gasteiger partial charge in [-0.15, -0.1) is 0 Å². The van der Waals surface area contributed by atoms with E-state index in [1.54, 1.807) is 0 Å². The molecule has 1 amide bonds. The van der Waals surface area contributed by atoms with Gasteiger partial charge in [0.25, 0.3) is 5.56 Å². The van der Waals surface area contributed by atoms with Crippen LogP contribution in [0, 0.1) is 19.8 Å². The van der Waals surface area contributed by atoms with E-state index in [-0.39, 0.29) is 18.2 Å². The molecule has 0 unspecified atom stereocenters. The normalized spacial score (nSPS) is 11.4. The van der Waals surface area contributed by atoms with Gasteiger partial charge in [-0.1, -0.05) is 45.4 Å². The number of aromatic amines is 1. The standard InChI is InChI=1S/C24H33N5O3/c1-6-7-13-28-22-21(23(31)27-24(28)32)29(14-15(2)3)18(25-22)11-12-19(30)26-20-16(4)9-8-10-17(20)5/h8-10,15H,6-7,11-14H2,1-5H3,(H,26,30)(H,27,31,32). The zero-order valence-corrected chi connectivity index (χ0v) is 19.6. The fourth-order valence-electron chi connectivity index (χ4n) is 3.93. The van der Waals surface area contributed by atoms with Crippen LogP contribution >= 0.6 is 0 Å². The first kappa shape index (κ1) is 23.5. The summed E-state index contributed by atoms with van der Waals surface area (Å²) in [6, 6.07) is 5.89. The molecule has 0 aliphatic carbocycles. The van der Waals surface area contributed by atoms with E-state index in [0.29, 0.717) is 36.5 Å². The molecule has 2 aromatic heterocycles. The second-order valence-corrected chi connectivity index (χ2v) is 8.78. The Labute approximate surface area is 187 Å². The summed E-state index contributed by atoms with van der Waals surface area (Å²) in [5.41, 5.74) is 2.78. The van der Waals surface area contributed by atoms with Crippen LogP contribution in [0.1, 0.15) is 57.0 Å². The Bertz CT molecular complexity index is 1210. The number of hydrogen-bond donors (Lipinski definition) is 2. The van der Waals surface area contributed by atoms with Crippen molar-refractivity contribution in [1.82, 2.24) is 19.1 Å². The Balaban J connectivity index is 1.94. The summed E-state index contributed by atoms with van der Waals surface area (Å²) >= 11 is 0. The van der Waals surface area contributed by atoms with Gasteiger partial charge in [-0.2, -0.15) is 0 Å². The van der Waals surface area contributed by atoms with Crippen molar-refractivity contribution in [3.8, 4) is 0 Å². The minimum Gasteiger partial charge on any atom is -0.326 e. The minimum atomic E-state index is -0.440. The lowest BCUT2D eigenvalue weighted by Gasteiger charge is -2.13. The fraction of sp³-hybridized carbons (Fsp3) is 0.500. The SMILES string of the molecule is CCCCn1c(=O)[nH]c(=O)c2c1nc(CCC(=O)Nc1c(C)cccc1C)n2CC(C)C. The average molecular weight is 440 g/mol. The lowest BCUT2D eigenvalue weighted by molar-refractivity contribution is -0.116. The molecule has 3 rings (SSSR count). The number of imidazole rings is 1. The number of aryl methyl sites for hydroxylation is 4. The maximum absolute atomic E-state index is 12.7. The summed E-state index contributed by atoms with van der Waals surface area (Å²) in [6.07, 6.45) is 2.34. The number of rotatable bonds is 9. The Morgan fingerprint density at radius 1 is 1.16 bits per heavy atom. The highest BCUT2D eigenvalue weighted by atomic mass is 16.2.